The molecule has 0 aromatic carbocycles. The van der Waals surface area contributed by atoms with Crippen LogP contribution in [0.2, 0.25) is 0 Å². The molecule has 92 valence electrons. The van der Waals surface area contributed by atoms with E-state index in [4.69, 9.17) is 10.5 Å². The van der Waals surface area contributed by atoms with Crippen LogP contribution in [-0.2, 0) is 18.2 Å². The van der Waals surface area contributed by atoms with Crippen molar-refractivity contribution in [2.75, 3.05) is 13.7 Å². The number of ether oxygens (including phenoxy) is 1. The Morgan fingerprint density at radius 2 is 2.19 bits per heavy atom. The van der Waals surface area contributed by atoms with Crippen LogP contribution in [0.25, 0.3) is 0 Å². The molecular formula is C11H20BrN3O. The SMILES string of the molecule is CCC(N)(COC)Cc1c(Br)c(C)nn1C. The van der Waals surface area contributed by atoms with Gasteiger partial charge < -0.3 is 10.5 Å². The quantitative estimate of drug-likeness (QED) is 0.899. The summed E-state index contributed by atoms with van der Waals surface area (Å²) in [6.07, 6.45) is 1.63. The third-order valence-electron chi connectivity index (χ3n) is 2.92. The van der Waals surface area contributed by atoms with Crippen molar-refractivity contribution < 1.29 is 4.74 Å². The van der Waals surface area contributed by atoms with Crippen molar-refractivity contribution in [2.45, 2.75) is 32.2 Å². The largest absolute Gasteiger partial charge is 0.383 e. The number of methoxy groups -OCH3 is 1. The van der Waals surface area contributed by atoms with Gasteiger partial charge in [-0.15, -0.1) is 0 Å². The standard InChI is InChI=1S/C11H20BrN3O/c1-5-11(13,7-16-4)6-9-10(12)8(2)14-15(9)3/h5-7,13H2,1-4H3. The second kappa shape index (κ2) is 5.29. The summed E-state index contributed by atoms with van der Waals surface area (Å²) >= 11 is 3.55. The van der Waals surface area contributed by atoms with Gasteiger partial charge in [0.2, 0.25) is 0 Å². The topological polar surface area (TPSA) is 53.1 Å². The zero-order valence-corrected chi connectivity index (χ0v) is 12.0. The Kier molecular flexibility index (Phi) is 4.52. The first-order valence-electron chi connectivity index (χ1n) is 5.39. The Morgan fingerprint density at radius 3 is 2.56 bits per heavy atom. The van der Waals surface area contributed by atoms with Gasteiger partial charge in [-0.2, -0.15) is 5.10 Å². The number of aromatic nitrogens is 2. The van der Waals surface area contributed by atoms with E-state index in [0.717, 1.165) is 28.7 Å². The third-order valence-corrected chi connectivity index (χ3v) is 3.95. The summed E-state index contributed by atoms with van der Waals surface area (Å²) in [5, 5.41) is 4.36. The predicted octanol–water partition coefficient (Wildman–Crippen LogP) is 1.79. The zero-order chi connectivity index (χ0) is 12.3. The number of nitrogens with two attached hydrogens (primary N) is 1. The molecule has 1 rings (SSSR count). The van der Waals surface area contributed by atoms with Crippen LogP contribution in [0.5, 0.6) is 0 Å². The lowest BCUT2D eigenvalue weighted by molar-refractivity contribution is 0.128. The second-order valence-electron chi connectivity index (χ2n) is 4.30. The monoisotopic (exact) mass is 289 g/mol. The van der Waals surface area contributed by atoms with Crippen LogP contribution in [-0.4, -0.2) is 29.0 Å². The van der Waals surface area contributed by atoms with Gasteiger partial charge in [-0.1, -0.05) is 6.92 Å². The summed E-state index contributed by atoms with van der Waals surface area (Å²) < 4.78 is 8.12. The summed E-state index contributed by atoms with van der Waals surface area (Å²) in [7, 11) is 3.62. The molecule has 0 aliphatic heterocycles. The minimum Gasteiger partial charge on any atom is -0.383 e. The van der Waals surface area contributed by atoms with Crippen molar-refractivity contribution in [1.29, 1.82) is 0 Å². The molecule has 0 aliphatic rings. The van der Waals surface area contributed by atoms with Crippen molar-refractivity contribution in [2.24, 2.45) is 12.8 Å². The Balaban J connectivity index is 2.93. The molecule has 0 radical (unpaired) electrons. The third kappa shape index (κ3) is 2.84. The van der Waals surface area contributed by atoms with E-state index >= 15 is 0 Å². The number of hydrogen-bond acceptors (Lipinski definition) is 3. The first kappa shape index (κ1) is 13.7. The van der Waals surface area contributed by atoms with Gasteiger partial charge in [0.1, 0.15) is 0 Å². The van der Waals surface area contributed by atoms with E-state index in [0.29, 0.717) is 6.61 Å². The highest BCUT2D eigenvalue weighted by atomic mass is 79.9. The van der Waals surface area contributed by atoms with Gasteiger partial charge in [0.25, 0.3) is 0 Å². The second-order valence-corrected chi connectivity index (χ2v) is 5.09. The first-order chi connectivity index (χ1) is 7.43. The molecule has 2 N–H and O–H groups in total. The molecule has 1 aromatic rings. The van der Waals surface area contributed by atoms with Crippen molar-refractivity contribution in [3.63, 3.8) is 0 Å². The molecule has 1 heterocycles. The van der Waals surface area contributed by atoms with Crippen LogP contribution in [0.1, 0.15) is 24.7 Å². The summed E-state index contributed by atoms with van der Waals surface area (Å²) in [4.78, 5) is 0. The fourth-order valence-corrected chi connectivity index (χ4v) is 2.25. The van der Waals surface area contributed by atoms with Gasteiger partial charge in [-0.25, -0.2) is 0 Å². The lowest BCUT2D eigenvalue weighted by atomic mass is 9.92. The van der Waals surface area contributed by atoms with Crippen molar-refractivity contribution >= 4 is 15.9 Å². The molecule has 5 heteroatoms. The van der Waals surface area contributed by atoms with E-state index in [9.17, 15) is 0 Å². The highest BCUT2D eigenvalue weighted by Gasteiger charge is 2.26. The molecule has 0 saturated carbocycles. The lowest BCUT2D eigenvalue weighted by Crippen LogP contribution is -2.46. The van der Waals surface area contributed by atoms with Gasteiger partial charge in [0.05, 0.1) is 22.5 Å². The van der Waals surface area contributed by atoms with Gasteiger partial charge in [0, 0.05) is 26.1 Å². The van der Waals surface area contributed by atoms with Crippen LogP contribution in [0.4, 0.5) is 0 Å². The van der Waals surface area contributed by atoms with Crippen LogP contribution in [0, 0.1) is 6.92 Å². The summed E-state index contributed by atoms with van der Waals surface area (Å²) in [6.45, 7) is 4.62. The number of aryl methyl sites for hydroxylation is 2. The molecule has 0 saturated heterocycles. The van der Waals surface area contributed by atoms with Gasteiger partial charge in [-0.3, -0.25) is 4.68 Å². The molecular weight excluding hydrogens is 270 g/mol. The highest BCUT2D eigenvalue weighted by Crippen LogP contribution is 2.25. The number of halogens is 1. The van der Waals surface area contributed by atoms with Crippen molar-refractivity contribution in [3.05, 3.63) is 15.9 Å². The predicted molar refractivity (Wildman–Crippen MR) is 68.4 cm³/mol. The molecule has 1 unspecified atom stereocenters. The average molecular weight is 290 g/mol. The van der Waals surface area contributed by atoms with Crippen molar-refractivity contribution in [3.8, 4) is 0 Å². The van der Waals surface area contributed by atoms with Gasteiger partial charge in [-0.05, 0) is 29.3 Å². The summed E-state index contributed by atoms with van der Waals surface area (Å²) in [5.74, 6) is 0. The van der Waals surface area contributed by atoms with E-state index in [-0.39, 0.29) is 5.54 Å². The molecule has 0 bridgehead atoms. The maximum atomic E-state index is 6.30. The minimum absolute atomic E-state index is 0.322. The fraction of sp³-hybridized carbons (Fsp3) is 0.727. The molecule has 1 atom stereocenters. The molecule has 0 aliphatic carbocycles. The van der Waals surface area contributed by atoms with Crippen LogP contribution >= 0.6 is 15.9 Å². The summed E-state index contributed by atoms with van der Waals surface area (Å²) in [5.41, 5.74) is 8.10. The van der Waals surface area contributed by atoms with Crippen molar-refractivity contribution in [1.82, 2.24) is 9.78 Å². The van der Waals surface area contributed by atoms with E-state index in [2.05, 4.69) is 28.0 Å². The van der Waals surface area contributed by atoms with Crippen LogP contribution in [0.3, 0.4) is 0 Å². The molecule has 0 spiro atoms. The maximum absolute atomic E-state index is 6.30. The molecule has 0 amide bonds. The highest BCUT2D eigenvalue weighted by molar-refractivity contribution is 9.10. The minimum atomic E-state index is -0.322. The fourth-order valence-electron chi connectivity index (χ4n) is 1.77. The van der Waals surface area contributed by atoms with Crippen LogP contribution in [0.15, 0.2) is 4.47 Å². The number of hydrogen-bond donors (Lipinski definition) is 1. The zero-order valence-electron chi connectivity index (χ0n) is 10.4. The Morgan fingerprint density at radius 1 is 1.56 bits per heavy atom. The van der Waals surface area contributed by atoms with E-state index in [1.165, 1.54) is 0 Å². The average Bonchev–Trinajstić information content (AvgIpc) is 2.46. The molecule has 4 nitrogen and oxygen atoms in total. The van der Waals surface area contributed by atoms with Crippen LogP contribution < -0.4 is 5.73 Å². The Labute approximate surface area is 105 Å². The smallest absolute Gasteiger partial charge is 0.0738 e. The molecule has 1 aromatic heterocycles. The number of rotatable bonds is 5. The molecule has 0 fully saturated rings. The number of nitrogens with zero attached hydrogens (tertiary/aromatic N) is 2. The van der Waals surface area contributed by atoms with E-state index < -0.39 is 0 Å². The van der Waals surface area contributed by atoms with E-state index in [1.807, 2.05) is 18.7 Å². The molecule has 16 heavy (non-hydrogen) atoms. The first-order valence-corrected chi connectivity index (χ1v) is 6.18. The van der Waals surface area contributed by atoms with Gasteiger partial charge in [0.15, 0.2) is 0 Å². The Hall–Kier alpha value is -0.390. The Bertz CT molecular complexity index is 364. The summed E-state index contributed by atoms with van der Waals surface area (Å²) in [6, 6.07) is 0. The lowest BCUT2D eigenvalue weighted by Gasteiger charge is -2.27. The maximum Gasteiger partial charge on any atom is 0.0738 e. The van der Waals surface area contributed by atoms with E-state index in [1.54, 1.807) is 7.11 Å². The van der Waals surface area contributed by atoms with Gasteiger partial charge >= 0.3 is 0 Å². The normalized spacial score (nSPS) is 15.1.